The second-order valence-electron chi connectivity index (χ2n) is 4.65. The van der Waals surface area contributed by atoms with Gasteiger partial charge in [-0.3, -0.25) is 0 Å². The Morgan fingerprint density at radius 3 is 2.53 bits per heavy atom. The third-order valence-corrected chi connectivity index (χ3v) is 3.24. The van der Waals surface area contributed by atoms with Crippen LogP contribution < -0.4 is 10.2 Å². The van der Waals surface area contributed by atoms with Crippen LogP contribution in [0.25, 0.3) is 0 Å². The standard InChI is InChI=1S/C14H21FN2/c1-3-17(4-2)14-8-11(7-12(15)9-14)10-16-13-5-6-13/h7-9,13,16H,3-6,10H2,1-2H3. The zero-order valence-electron chi connectivity index (χ0n) is 10.7. The smallest absolute Gasteiger partial charge is 0.125 e. The summed E-state index contributed by atoms with van der Waals surface area (Å²) in [7, 11) is 0. The zero-order valence-corrected chi connectivity index (χ0v) is 10.7. The molecule has 1 aromatic carbocycles. The summed E-state index contributed by atoms with van der Waals surface area (Å²) in [6, 6.07) is 6.00. The van der Waals surface area contributed by atoms with Gasteiger partial charge in [0, 0.05) is 31.4 Å². The van der Waals surface area contributed by atoms with Crippen LogP contribution in [0.2, 0.25) is 0 Å². The molecule has 0 aliphatic heterocycles. The predicted octanol–water partition coefficient (Wildman–Crippen LogP) is 2.92. The Morgan fingerprint density at radius 1 is 1.24 bits per heavy atom. The van der Waals surface area contributed by atoms with Gasteiger partial charge in [-0.2, -0.15) is 0 Å². The van der Waals surface area contributed by atoms with Crippen molar-refractivity contribution in [3.8, 4) is 0 Å². The molecule has 2 rings (SSSR count). The highest BCUT2D eigenvalue weighted by atomic mass is 19.1. The van der Waals surface area contributed by atoms with Crippen LogP contribution in [0.3, 0.4) is 0 Å². The highest BCUT2D eigenvalue weighted by Gasteiger charge is 2.20. The molecule has 2 nitrogen and oxygen atoms in total. The molecule has 0 amide bonds. The number of anilines is 1. The van der Waals surface area contributed by atoms with Crippen LogP contribution in [0, 0.1) is 5.82 Å². The molecule has 0 bridgehead atoms. The number of hydrogen-bond acceptors (Lipinski definition) is 2. The van der Waals surface area contributed by atoms with Crippen LogP contribution in [0.1, 0.15) is 32.3 Å². The lowest BCUT2D eigenvalue weighted by Gasteiger charge is -2.22. The summed E-state index contributed by atoms with van der Waals surface area (Å²) >= 11 is 0. The fourth-order valence-corrected chi connectivity index (χ4v) is 2.06. The van der Waals surface area contributed by atoms with Crippen molar-refractivity contribution in [3.63, 3.8) is 0 Å². The first-order valence-corrected chi connectivity index (χ1v) is 6.50. The first-order valence-electron chi connectivity index (χ1n) is 6.50. The Labute approximate surface area is 103 Å². The fourth-order valence-electron chi connectivity index (χ4n) is 2.06. The summed E-state index contributed by atoms with van der Waals surface area (Å²) in [6.45, 7) is 6.79. The van der Waals surface area contributed by atoms with E-state index >= 15 is 0 Å². The molecule has 1 saturated carbocycles. The molecule has 0 saturated heterocycles. The third-order valence-electron chi connectivity index (χ3n) is 3.24. The zero-order chi connectivity index (χ0) is 12.3. The van der Waals surface area contributed by atoms with Gasteiger partial charge in [-0.05, 0) is 50.5 Å². The first-order chi connectivity index (χ1) is 8.22. The average Bonchev–Trinajstić information content (AvgIpc) is 3.11. The van der Waals surface area contributed by atoms with E-state index in [0.717, 1.165) is 30.9 Å². The van der Waals surface area contributed by atoms with Crippen molar-refractivity contribution in [3.05, 3.63) is 29.6 Å². The van der Waals surface area contributed by atoms with Crippen molar-refractivity contribution in [2.24, 2.45) is 0 Å². The molecule has 0 spiro atoms. The average molecular weight is 236 g/mol. The van der Waals surface area contributed by atoms with E-state index in [1.807, 2.05) is 0 Å². The number of halogens is 1. The van der Waals surface area contributed by atoms with E-state index < -0.39 is 0 Å². The number of nitrogens with zero attached hydrogens (tertiary/aromatic N) is 1. The lowest BCUT2D eigenvalue weighted by Crippen LogP contribution is -2.22. The minimum Gasteiger partial charge on any atom is -0.372 e. The maximum atomic E-state index is 13.5. The van der Waals surface area contributed by atoms with Gasteiger partial charge in [-0.15, -0.1) is 0 Å². The lowest BCUT2D eigenvalue weighted by atomic mass is 10.1. The topological polar surface area (TPSA) is 15.3 Å². The monoisotopic (exact) mass is 236 g/mol. The van der Waals surface area contributed by atoms with Crippen molar-refractivity contribution in [2.75, 3.05) is 18.0 Å². The molecule has 1 N–H and O–H groups in total. The van der Waals surface area contributed by atoms with E-state index in [4.69, 9.17) is 0 Å². The SMILES string of the molecule is CCN(CC)c1cc(F)cc(CNC2CC2)c1. The second-order valence-corrected chi connectivity index (χ2v) is 4.65. The number of nitrogens with one attached hydrogen (secondary N) is 1. The molecule has 1 aliphatic rings. The molecule has 1 aromatic rings. The predicted molar refractivity (Wildman–Crippen MR) is 69.8 cm³/mol. The maximum absolute atomic E-state index is 13.5. The Balaban J connectivity index is 2.09. The van der Waals surface area contributed by atoms with E-state index in [1.54, 1.807) is 12.1 Å². The highest BCUT2D eigenvalue weighted by molar-refractivity contribution is 5.49. The highest BCUT2D eigenvalue weighted by Crippen LogP contribution is 2.21. The largest absolute Gasteiger partial charge is 0.372 e. The summed E-state index contributed by atoms with van der Waals surface area (Å²) in [4.78, 5) is 2.17. The van der Waals surface area contributed by atoms with Gasteiger partial charge < -0.3 is 10.2 Å². The molecular weight excluding hydrogens is 215 g/mol. The van der Waals surface area contributed by atoms with Crippen molar-refractivity contribution in [1.82, 2.24) is 5.32 Å². The molecule has 1 aliphatic carbocycles. The van der Waals surface area contributed by atoms with Crippen molar-refractivity contribution in [1.29, 1.82) is 0 Å². The second kappa shape index (κ2) is 5.50. The number of hydrogen-bond donors (Lipinski definition) is 1. The first kappa shape index (κ1) is 12.4. The van der Waals surface area contributed by atoms with Crippen LogP contribution in [-0.2, 0) is 6.54 Å². The van der Waals surface area contributed by atoms with E-state index in [2.05, 4.69) is 30.1 Å². The van der Waals surface area contributed by atoms with Gasteiger partial charge in [0.05, 0.1) is 0 Å². The Kier molecular flexibility index (Phi) is 4.00. The summed E-state index contributed by atoms with van der Waals surface area (Å²) in [5.74, 6) is -0.137. The molecule has 17 heavy (non-hydrogen) atoms. The summed E-state index contributed by atoms with van der Waals surface area (Å²) < 4.78 is 13.5. The lowest BCUT2D eigenvalue weighted by molar-refractivity contribution is 0.618. The van der Waals surface area contributed by atoms with Gasteiger partial charge in [0.25, 0.3) is 0 Å². The summed E-state index contributed by atoms with van der Waals surface area (Å²) in [6.07, 6.45) is 2.52. The normalized spacial score (nSPS) is 15.0. The van der Waals surface area contributed by atoms with Crippen LogP contribution in [-0.4, -0.2) is 19.1 Å². The van der Waals surface area contributed by atoms with Crippen molar-refractivity contribution in [2.45, 2.75) is 39.3 Å². The van der Waals surface area contributed by atoms with Crippen LogP contribution in [0.4, 0.5) is 10.1 Å². The fraction of sp³-hybridized carbons (Fsp3) is 0.571. The molecule has 1 fully saturated rings. The quantitative estimate of drug-likeness (QED) is 0.817. The molecule has 3 heteroatoms. The minimum atomic E-state index is -0.137. The van der Waals surface area contributed by atoms with Crippen LogP contribution >= 0.6 is 0 Å². The van der Waals surface area contributed by atoms with E-state index in [-0.39, 0.29) is 5.82 Å². The Morgan fingerprint density at radius 2 is 1.94 bits per heavy atom. The molecule has 0 unspecified atom stereocenters. The minimum absolute atomic E-state index is 0.137. The molecule has 0 radical (unpaired) electrons. The van der Waals surface area contributed by atoms with E-state index in [1.165, 1.54) is 12.8 Å². The summed E-state index contributed by atoms with van der Waals surface area (Å²) in [5, 5.41) is 3.42. The van der Waals surface area contributed by atoms with Crippen LogP contribution in [0.5, 0.6) is 0 Å². The molecule has 0 atom stereocenters. The Bertz CT molecular complexity index is 370. The molecule has 0 aromatic heterocycles. The molecular formula is C14H21FN2. The van der Waals surface area contributed by atoms with Gasteiger partial charge in [0.1, 0.15) is 5.82 Å². The summed E-state index contributed by atoms with van der Waals surface area (Å²) in [5.41, 5.74) is 2.03. The molecule has 0 heterocycles. The van der Waals surface area contributed by atoms with Gasteiger partial charge in [0.15, 0.2) is 0 Å². The van der Waals surface area contributed by atoms with E-state index in [9.17, 15) is 4.39 Å². The van der Waals surface area contributed by atoms with Crippen molar-refractivity contribution >= 4 is 5.69 Å². The van der Waals surface area contributed by atoms with Gasteiger partial charge in [-0.25, -0.2) is 4.39 Å². The van der Waals surface area contributed by atoms with Crippen LogP contribution in [0.15, 0.2) is 18.2 Å². The van der Waals surface area contributed by atoms with Gasteiger partial charge in [0.2, 0.25) is 0 Å². The van der Waals surface area contributed by atoms with E-state index in [0.29, 0.717) is 6.04 Å². The Hall–Kier alpha value is -1.09. The maximum Gasteiger partial charge on any atom is 0.125 e. The van der Waals surface area contributed by atoms with Gasteiger partial charge >= 0.3 is 0 Å². The number of benzene rings is 1. The number of rotatable bonds is 6. The molecule has 94 valence electrons. The van der Waals surface area contributed by atoms with Crippen molar-refractivity contribution < 1.29 is 4.39 Å². The van der Waals surface area contributed by atoms with Gasteiger partial charge in [-0.1, -0.05) is 0 Å². The third kappa shape index (κ3) is 3.43.